The normalized spacial score (nSPS) is 12.5. The van der Waals surface area contributed by atoms with E-state index in [2.05, 4.69) is 16.5 Å². The Balaban J connectivity index is 1.26. The zero-order valence-corrected chi connectivity index (χ0v) is 24.4. The summed E-state index contributed by atoms with van der Waals surface area (Å²) in [6, 6.07) is 24.3. The van der Waals surface area contributed by atoms with Crippen LogP contribution in [0.1, 0.15) is 48.5 Å². The van der Waals surface area contributed by atoms with Crippen LogP contribution in [0.3, 0.4) is 0 Å². The van der Waals surface area contributed by atoms with Crippen LogP contribution < -0.4 is 10.3 Å². The molecule has 1 atom stereocenters. The Morgan fingerprint density at radius 1 is 0.930 bits per heavy atom. The number of aliphatic hydroxyl groups excluding tert-OH is 1. The molecule has 0 fully saturated rings. The number of benzene rings is 3. The number of halogens is 2. The van der Waals surface area contributed by atoms with Crippen LogP contribution in [-0.4, -0.2) is 47.8 Å². The number of fused-ring (bicyclic) bond motifs is 1. The summed E-state index contributed by atoms with van der Waals surface area (Å²) in [5.74, 6) is -2.45. The average molecular weight is 591 g/mol. The maximum Gasteiger partial charge on any atom is 0.296 e. The molecule has 2 N–H and O–H groups in total. The maximum atomic E-state index is 14.2. The lowest BCUT2D eigenvalue weighted by atomic mass is 10.0. The summed E-state index contributed by atoms with van der Waals surface area (Å²) in [5, 5.41) is 12.0. The number of aliphatic hydroxyl groups is 1. The van der Waals surface area contributed by atoms with Crippen molar-refractivity contribution in [1.29, 1.82) is 0 Å². The number of aromatic nitrogens is 1. The summed E-state index contributed by atoms with van der Waals surface area (Å²) in [6.07, 6.45) is 4.39. The molecule has 0 spiro atoms. The molecule has 1 aromatic heterocycles. The van der Waals surface area contributed by atoms with E-state index in [1.54, 1.807) is 30.3 Å². The zero-order valence-electron chi connectivity index (χ0n) is 24.4. The first-order valence-electron chi connectivity index (χ1n) is 14.7. The molecular formula is C35H40F2N2O4. The highest BCUT2D eigenvalue weighted by molar-refractivity contribution is 5.87. The summed E-state index contributed by atoms with van der Waals surface area (Å²) in [7, 11) is 0. The molecule has 0 radical (unpaired) electrons. The lowest BCUT2D eigenvalue weighted by Crippen LogP contribution is -2.30. The minimum absolute atomic E-state index is 0.0342. The molecule has 4 aromatic rings. The van der Waals surface area contributed by atoms with Crippen LogP contribution in [0.4, 0.5) is 8.78 Å². The van der Waals surface area contributed by atoms with Crippen molar-refractivity contribution in [1.82, 2.24) is 9.88 Å². The minimum atomic E-state index is -3.00. The van der Waals surface area contributed by atoms with E-state index < -0.39 is 18.6 Å². The standard InChI is InChI=1S/C35H40F2N2O4/c1-2-21-39(22-11-3-4-12-23-42-26-35(36,37)28-15-9-6-10-16-28)24-31(40)29-17-19-32(34-30(29)18-20-33(41)38-34)43-25-27-13-7-5-8-14-27/h2,5-10,13-20,31,40H,1,3-4,11-12,21-26H2,(H,38,41). The number of ether oxygens (including phenoxy) is 2. The number of unbranched alkanes of at least 4 members (excludes halogenated alkanes) is 3. The third-order valence-electron chi connectivity index (χ3n) is 7.30. The molecule has 0 aliphatic carbocycles. The highest BCUT2D eigenvalue weighted by Gasteiger charge is 2.31. The van der Waals surface area contributed by atoms with Crippen molar-refractivity contribution >= 4 is 10.9 Å². The first kappa shape index (κ1) is 32.1. The summed E-state index contributed by atoms with van der Waals surface area (Å²) in [5.41, 5.74) is 1.99. The van der Waals surface area contributed by atoms with Gasteiger partial charge < -0.3 is 19.6 Å². The number of pyridine rings is 1. The first-order valence-corrected chi connectivity index (χ1v) is 14.7. The van der Waals surface area contributed by atoms with Gasteiger partial charge in [-0.1, -0.05) is 85.6 Å². The molecule has 6 nitrogen and oxygen atoms in total. The number of hydrogen-bond donors (Lipinski definition) is 2. The van der Waals surface area contributed by atoms with Crippen LogP contribution in [0, 0.1) is 0 Å². The van der Waals surface area contributed by atoms with Gasteiger partial charge in [0.05, 0.1) is 11.6 Å². The van der Waals surface area contributed by atoms with Crippen molar-refractivity contribution in [3.63, 3.8) is 0 Å². The molecule has 228 valence electrons. The molecule has 0 bridgehead atoms. The van der Waals surface area contributed by atoms with Gasteiger partial charge in [-0.05, 0) is 42.6 Å². The summed E-state index contributed by atoms with van der Waals surface area (Å²) in [6.45, 7) is 5.64. The molecule has 0 amide bonds. The van der Waals surface area contributed by atoms with Gasteiger partial charge in [-0.2, -0.15) is 8.78 Å². The number of hydrogen-bond acceptors (Lipinski definition) is 5. The van der Waals surface area contributed by atoms with Gasteiger partial charge in [0.15, 0.2) is 0 Å². The molecule has 1 unspecified atom stereocenters. The fourth-order valence-corrected chi connectivity index (χ4v) is 5.04. The average Bonchev–Trinajstić information content (AvgIpc) is 3.02. The van der Waals surface area contributed by atoms with Crippen LogP contribution in [0.2, 0.25) is 0 Å². The predicted octanol–water partition coefficient (Wildman–Crippen LogP) is 7.00. The van der Waals surface area contributed by atoms with E-state index in [0.717, 1.165) is 36.8 Å². The summed E-state index contributed by atoms with van der Waals surface area (Å²) >= 11 is 0. The quantitative estimate of drug-likeness (QED) is 0.0965. The van der Waals surface area contributed by atoms with Gasteiger partial charge in [0, 0.05) is 36.7 Å². The fraction of sp³-hybridized carbons (Fsp3) is 0.343. The Morgan fingerprint density at radius 3 is 2.40 bits per heavy atom. The second kappa shape index (κ2) is 16.1. The summed E-state index contributed by atoms with van der Waals surface area (Å²) < 4.78 is 39.7. The van der Waals surface area contributed by atoms with Gasteiger partial charge in [-0.15, -0.1) is 6.58 Å². The zero-order chi connectivity index (χ0) is 30.5. The lowest BCUT2D eigenvalue weighted by Gasteiger charge is -2.25. The predicted molar refractivity (Wildman–Crippen MR) is 167 cm³/mol. The van der Waals surface area contributed by atoms with E-state index in [1.165, 1.54) is 18.2 Å². The SMILES string of the molecule is C=CCN(CCCCCCOCC(F)(F)c1ccccc1)CC(O)c1ccc(OCc2ccccc2)c2[nH]c(=O)ccc12. The van der Waals surface area contributed by atoms with E-state index in [4.69, 9.17) is 9.47 Å². The Hall–Kier alpha value is -3.85. The molecule has 0 saturated heterocycles. The van der Waals surface area contributed by atoms with Crippen LogP contribution >= 0.6 is 0 Å². The van der Waals surface area contributed by atoms with Crippen LogP contribution in [0.15, 0.2) is 102 Å². The molecule has 3 aromatic carbocycles. The maximum absolute atomic E-state index is 14.2. The first-order chi connectivity index (χ1) is 20.9. The van der Waals surface area contributed by atoms with Gasteiger partial charge in [-0.25, -0.2) is 0 Å². The van der Waals surface area contributed by atoms with Crippen LogP contribution in [-0.2, 0) is 17.3 Å². The van der Waals surface area contributed by atoms with Gasteiger partial charge in [0.25, 0.3) is 5.92 Å². The third-order valence-corrected chi connectivity index (χ3v) is 7.30. The molecule has 1 heterocycles. The lowest BCUT2D eigenvalue weighted by molar-refractivity contribution is -0.0831. The highest BCUT2D eigenvalue weighted by atomic mass is 19.3. The van der Waals surface area contributed by atoms with Crippen molar-refractivity contribution in [3.05, 3.63) is 125 Å². The van der Waals surface area contributed by atoms with E-state index >= 15 is 0 Å². The number of rotatable bonds is 18. The van der Waals surface area contributed by atoms with Crippen molar-refractivity contribution in [2.45, 2.75) is 44.3 Å². The largest absolute Gasteiger partial charge is 0.487 e. The Kier molecular flexibility index (Phi) is 12.0. The molecule has 8 heteroatoms. The number of alkyl halides is 2. The second-order valence-corrected chi connectivity index (χ2v) is 10.6. The Morgan fingerprint density at radius 2 is 1.65 bits per heavy atom. The van der Waals surface area contributed by atoms with Crippen molar-refractivity contribution in [3.8, 4) is 5.75 Å². The Labute approximate surface area is 251 Å². The molecule has 0 saturated carbocycles. The van der Waals surface area contributed by atoms with Crippen molar-refractivity contribution < 1.29 is 23.4 Å². The number of nitrogens with zero attached hydrogens (tertiary/aromatic N) is 1. The summed E-state index contributed by atoms with van der Waals surface area (Å²) in [4.78, 5) is 17.2. The fourth-order valence-electron chi connectivity index (χ4n) is 5.04. The molecule has 43 heavy (non-hydrogen) atoms. The van der Waals surface area contributed by atoms with Crippen molar-refractivity contribution in [2.75, 3.05) is 32.8 Å². The van der Waals surface area contributed by atoms with E-state index in [9.17, 15) is 18.7 Å². The monoisotopic (exact) mass is 590 g/mol. The van der Waals surface area contributed by atoms with Gasteiger partial charge in [-0.3, -0.25) is 9.69 Å². The Bertz CT molecular complexity index is 1480. The van der Waals surface area contributed by atoms with Gasteiger partial charge in [0.1, 0.15) is 19.0 Å². The topological polar surface area (TPSA) is 74.8 Å². The van der Waals surface area contributed by atoms with E-state index in [1.807, 2.05) is 42.5 Å². The molecular weight excluding hydrogens is 550 g/mol. The number of H-pyrrole nitrogens is 1. The molecule has 4 rings (SSSR count). The smallest absolute Gasteiger partial charge is 0.296 e. The number of nitrogens with one attached hydrogen (secondary N) is 1. The number of aromatic amines is 1. The van der Waals surface area contributed by atoms with Crippen LogP contribution in [0.25, 0.3) is 10.9 Å². The van der Waals surface area contributed by atoms with Crippen molar-refractivity contribution in [2.24, 2.45) is 0 Å². The molecule has 0 aliphatic heterocycles. The van der Waals surface area contributed by atoms with E-state index in [0.29, 0.717) is 42.9 Å². The molecule has 0 aliphatic rings. The minimum Gasteiger partial charge on any atom is -0.487 e. The van der Waals surface area contributed by atoms with Gasteiger partial charge in [0.2, 0.25) is 5.56 Å². The van der Waals surface area contributed by atoms with Crippen LogP contribution in [0.5, 0.6) is 5.75 Å². The van der Waals surface area contributed by atoms with Gasteiger partial charge >= 0.3 is 0 Å². The second-order valence-electron chi connectivity index (χ2n) is 10.6. The van der Waals surface area contributed by atoms with E-state index in [-0.39, 0.29) is 17.7 Å². The third kappa shape index (κ3) is 9.58. The highest BCUT2D eigenvalue weighted by Crippen LogP contribution is 2.31.